The molecular formula is C24H28F6N4O7. The highest BCUT2D eigenvalue weighted by atomic mass is 19.4. The van der Waals surface area contributed by atoms with E-state index in [-0.39, 0.29) is 5.91 Å². The van der Waals surface area contributed by atoms with E-state index in [4.69, 9.17) is 29.3 Å². The van der Waals surface area contributed by atoms with Gasteiger partial charge in [0.1, 0.15) is 17.2 Å². The Balaban J connectivity index is 0.000000349. The van der Waals surface area contributed by atoms with Crippen LogP contribution in [0.15, 0.2) is 36.7 Å². The van der Waals surface area contributed by atoms with Crippen LogP contribution in [0.25, 0.3) is 0 Å². The molecule has 17 heteroatoms. The molecule has 1 saturated heterocycles. The number of likely N-dealkylation sites (N-methyl/N-ethyl adjacent to an activating group) is 1. The zero-order chi connectivity index (χ0) is 31.0. The number of halogens is 6. The Labute approximate surface area is 229 Å². The summed E-state index contributed by atoms with van der Waals surface area (Å²) in [5.74, 6) is -3.76. The van der Waals surface area contributed by atoms with Crippen molar-refractivity contribution in [3.05, 3.63) is 48.0 Å². The molecule has 1 aromatic heterocycles. The number of piperidine rings is 1. The van der Waals surface area contributed by atoms with Crippen molar-refractivity contribution in [2.45, 2.75) is 50.0 Å². The first-order valence-corrected chi connectivity index (χ1v) is 11.9. The molecule has 1 atom stereocenters. The monoisotopic (exact) mass is 598 g/mol. The second-order valence-electron chi connectivity index (χ2n) is 8.85. The first-order chi connectivity index (χ1) is 19.0. The number of hydrogen-bond acceptors (Lipinski definition) is 7. The highest BCUT2D eigenvalue weighted by Crippen LogP contribution is 2.40. The molecule has 11 nitrogen and oxygen atoms in total. The number of aromatic nitrogens is 2. The molecule has 2 aromatic rings. The summed E-state index contributed by atoms with van der Waals surface area (Å²) < 4.78 is 77.1. The molecule has 1 spiro atoms. The van der Waals surface area contributed by atoms with Gasteiger partial charge in [0.2, 0.25) is 0 Å². The Morgan fingerprint density at radius 3 is 2.00 bits per heavy atom. The Kier molecular flexibility index (Phi) is 11.1. The highest BCUT2D eigenvalue weighted by molar-refractivity contribution is 5.80. The molecular weight excluding hydrogens is 570 g/mol. The SMILES string of the molecule is CNC(=O)C1Cn2ccnc2C2(CCN(Cc3ccc(OC)cc3)CC2)O1.O=C(O)C(F)(F)F.O=C(O)C(F)(F)F. The number of aliphatic carboxylic acids is 2. The third kappa shape index (κ3) is 9.34. The van der Waals surface area contributed by atoms with Crippen molar-refractivity contribution in [1.29, 1.82) is 0 Å². The zero-order valence-electron chi connectivity index (χ0n) is 21.8. The van der Waals surface area contributed by atoms with Crippen molar-refractivity contribution in [3.63, 3.8) is 0 Å². The van der Waals surface area contributed by atoms with Crippen LogP contribution in [0.3, 0.4) is 0 Å². The number of likely N-dealkylation sites (tertiary alicyclic amines) is 1. The lowest BCUT2D eigenvalue weighted by molar-refractivity contribution is -0.193. The smallest absolute Gasteiger partial charge is 0.490 e. The van der Waals surface area contributed by atoms with Gasteiger partial charge in [-0.15, -0.1) is 0 Å². The molecule has 1 unspecified atom stereocenters. The van der Waals surface area contributed by atoms with E-state index in [1.54, 1.807) is 20.4 Å². The number of nitrogens with one attached hydrogen (secondary N) is 1. The number of amides is 1. The van der Waals surface area contributed by atoms with Crippen molar-refractivity contribution in [2.24, 2.45) is 0 Å². The predicted octanol–water partition coefficient (Wildman–Crippen LogP) is 2.79. The Bertz CT molecular complexity index is 1150. The third-order valence-corrected chi connectivity index (χ3v) is 6.11. The van der Waals surface area contributed by atoms with Crippen LogP contribution >= 0.6 is 0 Å². The summed E-state index contributed by atoms with van der Waals surface area (Å²) >= 11 is 0. The maximum atomic E-state index is 12.2. The van der Waals surface area contributed by atoms with Crippen LogP contribution in [-0.2, 0) is 37.8 Å². The lowest BCUT2D eigenvalue weighted by Gasteiger charge is -2.45. The average molecular weight is 598 g/mol. The standard InChI is InChI=1S/C20H26N4O3.2C2HF3O2/c1-21-18(25)17-14-24-12-9-22-19(24)20(27-17)7-10-23(11-8-20)13-15-3-5-16(26-2)6-4-15;2*3-2(4,5)1(6)7/h3-6,9,12,17H,7-8,10-11,13-14H2,1-2H3,(H,21,25);2*(H,6,7). The Hall–Kier alpha value is -3.86. The number of rotatable bonds is 4. The lowest BCUT2D eigenvalue weighted by atomic mass is 9.88. The molecule has 0 radical (unpaired) electrons. The van der Waals surface area contributed by atoms with Crippen molar-refractivity contribution in [2.75, 3.05) is 27.2 Å². The maximum absolute atomic E-state index is 12.2. The fourth-order valence-corrected chi connectivity index (χ4v) is 4.10. The normalized spacial score (nSPS) is 18.1. The first kappa shape index (κ1) is 33.3. The van der Waals surface area contributed by atoms with Gasteiger partial charge in [-0.1, -0.05) is 12.1 Å². The van der Waals surface area contributed by atoms with E-state index in [0.717, 1.165) is 44.0 Å². The number of carboxylic acids is 2. The molecule has 4 rings (SSSR count). The predicted molar refractivity (Wildman–Crippen MR) is 128 cm³/mol. The molecule has 228 valence electrons. The number of carboxylic acid groups (broad SMARTS) is 2. The number of hydrogen-bond donors (Lipinski definition) is 3. The second-order valence-corrected chi connectivity index (χ2v) is 8.85. The van der Waals surface area contributed by atoms with Crippen LogP contribution in [0.1, 0.15) is 24.2 Å². The van der Waals surface area contributed by atoms with Crippen molar-refractivity contribution in [3.8, 4) is 5.75 Å². The minimum Gasteiger partial charge on any atom is -0.497 e. The van der Waals surface area contributed by atoms with Gasteiger partial charge in [-0.25, -0.2) is 14.6 Å². The van der Waals surface area contributed by atoms with Crippen LogP contribution in [0, 0.1) is 0 Å². The van der Waals surface area contributed by atoms with Gasteiger partial charge < -0.3 is 29.6 Å². The van der Waals surface area contributed by atoms with Gasteiger partial charge in [-0.2, -0.15) is 26.3 Å². The van der Waals surface area contributed by atoms with Crippen molar-refractivity contribution >= 4 is 17.8 Å². The maximum Gasteiger partial charge on any atom is 0.490 e. The molecule has 1 aromatic carbocycles. The fraction of sp³-hybridized carbons (Fsp3) is 0.500. The lowest BCUT2D eigenvalue weighted by Crippen LogP contribution is -2.53. The average Bonchev–Trinajstić information content (AvgIpc) is 3.39. The summed E-state index contributed by atoms with van der Waals surface area (Å²) in [6, 6.07) is 8.20. The van der Waals surface area contributed by atoms with Crippen molar-refractivity contribution in [1.82, 2.24) is 19.8 Å². The topological polar surface area (TPSA) is 143 Å². The number of nitrogens with zero attached hydrogens (tertiary/aromatic N) is 3. The summed E-state index contributed by atoms with van der Waals surface area (Å²) in [5.41, 5.74) is 0.788. The number of ether oxygens (including phenoxy) is 2. The second kappa shape index (κ2) is 13.7. The van der Waals surface area contributed by atoms with E-state index in [9.17, 15) is 31.1 Å². The molecule has 41 heavy (non-hydrogen) atoms. The number of alkyl halides is 6. The molecule has 0 saturated carbocycles. The van der Waals surface area contributed by atoms with E-state index in [1.165, 1.54) is 5.56 Å². The third-order valence-electron chi connectivity index (χ3n) is 6.11. The largest absolute Gasteiger partial charge is 0.497 e. The number of carbonyl (C=O) groups is 3. The van der Waals surface area contributed by atoms with E-state index in [2.05, 4.69) is 31.9 Å². The number of methoxy groups -OCH3 is 1. The quantitative estimate of drug-likeness (QED) is 0.453. The molecule has 2 aliphatic rings. The van der Waals surface area contributed by atoms with Crippen LogP contribution in [0.2, 0.25) is 0 Å². The van der Waals surface area contributed by atoms with Gasteiger partial charge in [0.15, 0.2) is 6.10 Å². The molecule has 3 heterocycles. The highest BCUT2D eigenvalue weighted by Gasteiger charge is 2.47. The van der Waals surface area contributed by atoms with Gasteiger partial charge in [0, 0.05) is 39.1 Å². The summed E-state index contributed by atoms with van der Waals surface area (Å²) in [7, 11) is 3.33. The molecule has 3 N–H and O–H groups in total. The van der Waals surface area contributed by atoms with E-state index in [1.807, 2.05) is 18.3 Å². The first-order valence-electron chi connectivity index (χ1n) is 11.9. The molecule has 0 bridgehead atoms. The number of benzene rings is 1. The molecule has 2 aliphatic heterocycles. The van der Waals surface area contributed by atoms with Crippen molar-refractivity contribution < 1.29 is 60.4 Å². The van der Waals surface area contributed by atoms with E-state index >= 15 is 0 Å². The van der Waals surface area contributed by atoms with Crippen LogP contribution in [0.5, 0.6) is 5.75 Å². The fourth-order valence-electron chi connectivity index (χ4n) is 4.10. The van der Waals surface area contributed by atoms with Gasteiger partial charge >= 0.3 is 24.3 Å². The van der Waals surface area contributed by atoms with E-state index < -0.39 is 36.0 Å². The Morgan fingerprint density at radius 1 is 1.05 bits per heavy atom. The molecule has 0 aliphatic carbocycles. The number of imidazole rings is 1. The summed E-state index contributed by atoms with van der Waals surface area (Å²) in [4.78, 5) is 37.0. The number of carbonyl (C=O) groups excluding carboxylic acids is 1. The van der Waals surface area contributed by atoms with Gasteiger partial charge in [-0.05, 0) is 30.5 Å². The van der Waals surface area contributed by atoms with Gasteiger partial charge in [0.05, 0.1) is 13.7 Å². The van der Waals surface area contributed by atoms with Crippen LogP contribution < -0.4 is 10.1 Å². The molecule has 1 fully saturated rings. The number of fused-ring (bicyclic) bond motifs is 2. The summed E-state index contributed by atoms with van der Waals surface area (Å²) in [6.45, 7) is 3.22. The summed E-state index contributed by atoms with van der Waals surface area (Å²) in [6.07, 6.45) is -5.23. The zero-order valence-corrected chi connectivity index (χ0v) is 21.8. The minimum absolute atomic E-state index is 0.0746. The van der Waals surface area contributed by atoms with Gasteiger partial charge in [-0.3, -0.25) is 9.69 Å². The van der Waals surface area contributed by atoms with Crippen LogP contribution in [0.4, 0.5) is 26.3 Å². The van der Waals surface area contributed by atoms with Gasteiger partial charge in [0.25, 0.3) is 5.91 Å². The minimum atomic E-state index is -5.08. The Morgan fingerprint density at radius 2 is 1.56 bits per heavy atom. The molecule has 1 amide bonds. The van der Waals surface area contributed by atoms with E-state index in [0.29, 0.717) is 6.54 Å². The summed E-state index contributed by atoms with van der Waals surface area (Å²) in [5, 5.41) is 17.0. The van der Waals surface area contributed by atoms with Crippen LogP contribution in [-0.4, -0.2) is 88.2 Å².